The number of rotatable bonds is 4. The average molecular weight is 437 g/mol. The summed E-state index contributed by atoms with van der Waals surface area (Å²) >= 11 is 0. The number of aryl methyl sites for hydroxylation is 2. The Morgan fingerprint density at radius 3 is 1.90 bits per heavy atom. The Bertz CT molecular complexity index is 1280. The SMILES string of the molecule is Cc1ccc([C@@H]2C(S(=O)(=O)c3ccc(C)cc3)=C(O)C(=O)N2c2ccc(F)cc2)cc1. The van der Waals surface area contributed by atoms with Gasteiger partial charge in [-0.2, -0.15) is 0 Å². The Kier molecular flexibility index (Phi) is 5.15. The van der Waals surface area contributed by atoms with Gasteiger partial charge in [0.15, 0.2) is 5.76 Å². The summed E-state index contributed by atoms with van der Waals surface area (Å²) in [5.41, 5.74) is 2.62. The molecule has 0 spiro atoms. The van der Waals surface area contributed by atoms with Crippen LogP contribution < -0.4 is 4.90 Å². The predicted octanol–water partition coefficient (Wildman–Crippen LogP) is 4.77. The van der Waals surface area contributed by atoms with E-state index in [1.165, 1.54) is 41.3 Å². The van der Waals surface area contributed by atoms with Gasteiger partial charge in [-0.15, -0.1) is 0 Å². The van der Waals surface area contributed by atoms with Crippen LogP contribution >= 0.6 is 0 Å². The number of benzene rings is 3. The first kappa shape index (κ1) is 20.8. The molecule has 7 heteroatoms. The molecule has 1 aliphatic heterocycles. The molecule has 0 unspecified atom stereocenters. The van der Waals surface area contributed by atoms with Gasteiger partial charge in [-0.1, -0.05) is 47.5 Å². The number of amides is 1. The highest BCUT2D eigenvalue weighted by molar-refractivity contribution is 7.95. The lowest BCUT2D eigenvalue weighted by atomic mass is 10.0. The summed E-state index contributed by atoms with van der Waals surface area (Å²) < 4.78 is 40.5. The molecule has 0 radical (unpaired) electrons. The number of hydrogen-bond acceptors (Lipinski definition) is 4. The number of aliphatic hydroxyl groups is 1. The molecule has 1 aliphatic rings. The molecule has 1 heterocycles. The largest absolute Gasteiger partial charge is 0.502 e. The van der Waals surface area contributed by atoms with Crippen LogP contribution in [0, 0.1) is 19.7 Å². The van der Waals surface area contributed by atoms with Gasteiger partial charge in [0.25, 0.3) is 5.91 Å². The highest BCUT2D eigenvalue weighted by Crippen LogP contribution is 2.44. The highest BCUT2D eigenvalue weighted by atomic mass is 32.2. The van der Waals surface area contributed by atoms with Gasteiger partial charge in [-0.05, 0) is 55.8 Å². The molecule has 4 rings (SSSR count). The van der Waals surface area contributed by atoms with Crippen LogP contribution in [0.25, 0.3) is 0 Å². The summed E-state index contributed by atoms with van der Waals surface area (Å²) in [5.74, 6) is -2.19. The van der Waals surface area contributed by atoms with E-state index in [9.17, 15) is 22.7 Å². The summed E-state index contributed by atoms with van der Waals surface area (Å²) in [7, 11) is -4.20. The summed E-state index contributed by atoms with van der Waals surface area (Å²) in [4.78, 5) is 13.8. The minimum Gasteiger partial charge on any atom is -0.502 e. The number of hydrogen-bond donors (Lipinski definition) is 1. The molecule has 0 aliphatic carbocycles. The van der Waals surface area contributed by atoms with Crippen LogP contribution in [0.15, 0.2) is 88.4 Å². The maximum atomic E-state index is 13.5. The second kappa shape index (κ2) is 7.67. The van der Waals surface area contributed by atoms with E-state index in [1.807, 2.05) is 13.8 Å². The van der Waals surface area contributed by atoms with Crippen molar-refractivity contribution in [3.05, 3.63) is 106 Å². The van der Waals surface area contributed by atoms with Crippen molar-refractivity contribution in [1.82, 2.24) is 0 Å². The van der Waals surface area contributed by atoms with E-state index >= 15 is 0 Å². The minimum atomic E-state index is -4.20. The van der Waals surface area contributed by atoms with Gasteiger partial charge >= 0.3 is 0 Å². The summed E-state index contributed by atoms with van der Waals surface area (Å²) in [5, 5.41) is 10.7. The lowest BCUT2D eigenvalue weighted by Gasteiger charge is -2.27. The van der Waals surface area contributed by atoms with E-state index in [-0.39, 0.29) is 10.6 Å². The highest BCUT2D eigenvalue weighted by Gasteiger charge is 2.47. The molecule has 3 aromatic rings. The van der Waals surface area contributed by atoms with Crippen LogP contribution in [-0.4, -0.2) is 19.4 Å². The molecule has 5 nitrogen and oxygen atoms in total. The molecule has 0 fully saturated rings. The number of halogens is 1. The van der Waals surface area contributed by atoms with Crippen molar-refractivity contribution >= 4 is 21.4 Å². The van der Waals surface area contributed by atoms with Crippen molar-refractivity contribution in [2.45, 2.75) is 24.8 Å². The minimum absolute atomic E-state index is 0.0227. The normalized spacial score (nSPS) is 16.8. The molecule has 0 bridgehead atoms. The molecule has 0 saturated heterocycles. The third-order valence-corrected chi connectivity index (χ3v) is 7.17. The third kappa shape index (κ3) is 3.61. The molecular weight excluding hydrogens is 417 g/mol. The fourth-order valence-electron chi connectivity index (χ4n) is 3.62. The Morgan fingerprint density at radius 2 is 1.35 bits per heavy atom. The standard InChI is InChI=1S/C24H20FNO4S/c1-15-3-7-17(8-4-15)21-23(31(29,30)20-13-5-16(2)6-14-20)22(27)24(28)26(21)19-11-9-18(25)10-12-19/h3-14,21,27H,1-2H3/t21-/m1/s1. The number of carbonyl (C=O) groups is 1. The van der Waals surface area contributed by atoms with Crippen molar-refractivity contribution < 1.29 is 22.7 Å². The number of nitrogens with zero attached hydrogens (tertiary/aromatic N) is 1. The zero-order valence-electron chi connectivity index (χ0n) is 16.9. The van der Waals surface area contributed by atoms with E-state index < -0.39 is 38.3 Å². The van der Waals surface area contributed by atoms with E-state index in [0.717, 1.165) is 11.1 Å². The average Bonchev–Trinajstić information content (AvgIpc) is 3.01. The van der Waals surface area contributed by atoms with Crippen LogP contribution in [0.2, 0.25) is 0 Å². The zero-order chi connectivity index (χ0) is 22.3. The van der Waals surface area contributed by atoms with Crippen molar-refractivity contribution in [2.24, 2.45) is 0 Å². The van der Waals surface area contributed by atoms with Crippen LogP contribution in [0.3, 0.4) is 0 Å². The van der Waals surface area contributed by atoms with E-state index in [2.05, 4.69) is 0 Å². The Morgan fingerprint density at radius 1 is 0.839 bits per heavy atom. The maximum absolute atomic E-state index is 13.5. The van der Waals surface area contributed by atoms with E-state index in [0.29, 0.717) is 5.56 Å². The number of aliphatic hydroxyl groups excluding tert-OH is 1. The molecule has 0 saturated carbocycles. The van der Waals surface area contributed by atoms with Crippen LogP contribution in [0.5, 0.6) is 0 Å². The molecular formula is C24H20FNO4S. The van der Waals surface area contributed by atoms with Crippen molar-refractivity contribution in [2.75, 3.05) is 4.90 Å². The van der Waals surface area contributed by atoms with Gasteiger partial charge in [0, 0.05) is 5.69 Å². The van der Waals surface area contributed by atoms with Crippen molar-refractivity contribution in [3.63, 3.8) is 0 Å². The van der Waals surface area contributed by atoms with Crippen LogP contribution in [-0.2, 0) is 14.6 Å². The first-order valence-corrected chi connectivity index (χ1v) is 11.1. The molecule has 1 atom stereocenters. The summed E-state index contributed by atoms with van der Waals surface area (Å²) in [6.45, 7) is 3.72. The van der Waals surface area contributed by atoms with Gasteiger partial charge < -0.3 is 5.11 Å². The Labute approximate surface area is 180 Å². The van der Waals surface area contributed by atoms with E-state index in [1.54, 1.807) is 36.4 Å². The number of anilines is 1. The second-order valence-electron chi connectivity index (χ2n) is 7.49. The molecule has 31 heavy (non-hydrogen) atoms. The van der Waals surface area contributed by atoms with Gasteiger partial charge in [0.2, 0.25) is 9.84 Å². The topological polar surface area (TPSA) is 74.7 Å². The molecule has 1 N–H and O–H groups in total. The fourth-order valence-corrected chi connectivity index (χ4v) is 5.24. The molecule has 1 amide bonds. The van der Waals surface area contributed by atoms with E-state index in [4.69, 9.17) is 0 Å². The smallest absolute Gasteiger partial charge is 0.295 e. The van der Waals surface area contributed by atoms with Gasteiger partial charge in [-0.25, -0.2) is 12.8 Å². The van der Waals surface area contributed by atoms with Gasteiger partial charge in [-0.3, -0.25) is 9.69 Å². The van der Waals surface area contributed by atoms with Crippen LogP contribution in [0.1, 0.15) is 22.7 Å². The van der Waals surface area contributed by atoms with Crippen molar-refractivity contribution in [1.29, 1.82) is 0 Å². The van der Waals surface area contributed by atoms with Gasteiger partial charge in [0.05, 0.1) is 4.90 Å². The monoisotopic (exact) mass is 437 g/mol. The third-order valence-electron chi connectivity index (χ3n) is 5.28. The molecule has 3 aromatic carbocycles. The molecule has 0 aromatic heterocycles. The second-order valence-corrected chi connectivity index (χ2v) is 9.41. The first-order valence-electron chi connectivity index (χ1n) is 9.61. The van der Waals surface area contributed by atoms with Crippen molar-refractivity contribution in [3.8, 4) is 0 Å². The van der Waals surface area contributed by atoms with Gasteiger partial charge in [0.1, 0.15) is 16.8 Å². The zero-order valence-corrected chi connectivity index (χ0v) is 17.7. The number of carbonyl (C=O) groups excluding carboxylic acids is 1. The lowest BCUT2D eigenvalue weighted by molar-refractivity contribution is -0.117. The lowest BCUT2D eigenvalue weighted by Crippen LogP contribution is -2.31. The maximum Gasteiger partial charge on any atom is 0.295 e. The predicted molar refractivity (Wildman–Crippen MR) is 116 cm³/mol. The van der Waals surface area contributed by atoms with Crippen LogP contribution in [0.4, 0.5) is 10.1 Å². The summed E-state index contributed by atoms with van der Waals surface area (Å²) in [6.07, 6.45) is 0. The Hall–Kier alpha value is -3.45. The molecule has 158 valence electrons. The summed E-state index contributed by atoms with van der Waals surface area (Å²) in [6, 6.07) is 17.3. The fraction of sp³-hybridized carbons (Fsp3) is 0.125. The Balaban J connectivity index is 1.93. The quantitative estimate of drug-likeness (QED) is 0.638. The number of sulfone groups is 1. The first-order chi connectivity index (χ1) is 14.7.